The first-order valence-corrected chi connectivity index (χ1v) is 9.00. The molecule has 0 aliphatic carbocycles. The van der Waals surface area contributed by atoms with Crippen LogP contribution in [0.3, 0.4) is 0 Å². The number of nitrogens with one attached hydrogen (secondary N) is 1. The molecule has 0 bridgehead atoms. The summed E-state index contributed by atoms with van der Waals surface area (Å²) in [5, 5.41) is 3.16. The number of aryl methyl sites for hydroxylation is 2. The van der Waals surface area contributed by atoms with Gasteiger partial charge in [-0.3, -0.25) is 4.79 Å². The van der Waals surface area contributed by atoms with E-state index >= 15 is 0 Å². The van der Waals surface area contributed by atoms with Gasteiger partial charge in [-0.05, 0) is 47.3 Å². The number of hydrogen-bond donors (Lipinski definition) is 1. The number of carbonyl (C=O) groups excluding carboxylic acids is 1. The van der Waals surface area contributed by atoms with E-state index in [-0.39, 0.29) is 11.9 Å². The Morgan fingerprint density at radius 1 is 1.00 bits per heavy atom. The van der Waals surface area contributed by atoms with Gasteiger partial charge in [0.05, 0.1) is 16.1 Å². The minimum absolute atomic E-state index is 0.113. The van der Waals surface area contributed by atoms with Crippen LogP contribution in [0, 0.1) is 13.8 Å². The van der Waals surface area contributed by atoms with Crippen molar-refractivity contribution < 1.29 is 9.21 Å². The minimum atomic E-state index is -0.133. The smallest absolute Gasteiger partial charge is 0.256 e. The van der Waals surface area contributed by atoms with Gasteiger partial charge in [-0.25, -0.2) is 0 Å². The largest absolute Gasteiger partial charge is 0.465 e. The topological polar surface area (TPSA) is 42.2 Å². The molecule has 3 aromatic rings. The van der Waals surface area contributed by atoms with Gasteiger partial charge in [0.2, 0.25) is 0 Å². The normalized spacial score (nSPS) is 12.0. The molecule has 0 spiro atoms. The van der Waals surface area contributed by atoms with Crippen molar-refractivity contribution in [2.75, 3.05) is 0 Å². The summed E-state index contributed by atoms with van der Waals surface area (Å²) in [6.07, 6.45) is 0.726. The van der Waals surface area contributed by atoms with E-state index in [0.29, 0.717) is 21.6 Å². The lowest BCUT2D eigenvalue weighted by atomic mass is 9.98. The Bertz CT molecular complexity index is 856. The molecule has 4 heteroatoms. The number of halogens is 1. The summed E-state index contributed by atoms with van der Waals surface area (Å²) in [5.74, 6) is 1.20. The first-order chi connectivity index (χ1) is 12.1. The lowest BCUT2D eigenvalue weighted by Gasteiger charge is -2.19. The molecule has 3 rings (SSSR count). The number of benzene rings is 2. The van der Waals surface area contributed by atoms with Crippen LogP contribution in [0.2, 0.25) is 0 Å². The Kier molecular flexibility index (Phi) is 5.39. The van der Waals surface area contributed by atoms with Crippen molar-refractivity contribution in [1.29, 1.82) is 0 Å². The first-order valence-electron chi connectivity index (χ1n) is 8.21. The summed E-state index contributed by atoms with van der Waals surface area (Å²) in [6.45, 7) is 3.65. The van der Waals surface area contributed by atoms with E-state index in [9.17, 15) is 4.79 Å². The van der Waals surface area contributed by atoms with Gasteiger partial charge in [-0.15, -0.1) is 0 Å². The van der Waals surface area contributed by atoms with Crippen molar-refractivity contribution in [2.24, 2.45) is 0 Å². The zero-order valence-electron chi connectivity index (χ0n) is 14.3. The van der Waals surface area contributed by atoms with E-state index in [0.717, 1.165) is 12.0 Å². The molecule has 1 amide bonds. The fraction of sp³-hybridized carbons (Fsp3) is 0.190. The SMILES string of the molecule is Cc1oc(C)c(C(=O)N[C@@H](Cc2ccccc2)c2ccccc2)c1Br. The molecule has 0 saturated carbocycles. The molecule has 3 nitrogen and oxygen atoms in total. The average Bonchev–Trinajstić information content (AvgIpc) is 2.88. The maximum absolute atomic E-state index is 12.9. The third kappa shape index (κ3) is 4.02. The highest BCUT2D eigenvalue weighted by Gasteiger charge is 2.23. The quantitative estimate of drug-likeness (QED) is 0.628. The van der Waals surface area contributed by atoms with E-state index < -0.39 is 0 Å². The van der Waals surface area contributed by atoms with Crippen molar-refractivity contribution in [1.82, 2.24) is 5.32 Å². The van der Waals surface area contributed by atoms with Crippen LogP contribution in [0.15, 0.2) is 69.6 Å². The Morgan fingerprint density at radius 3 is 2.16 bits per heavy atom. The molecule has 0 radical (unpaired) electrons. The molecule has 0 fully saturated rings. The maximum Gasteiger partial charge on any atom is 0.256 e. The Morgan fingerprint density at radius 2 is 1.60 bits per heavy atom. The van der Waals surface area contributed by atoms with E-state index in [1.807, 2.05) is 55.5 Å². The van der Waals surface area contributed by atoms with Gasteiger partial charge >= 0.3 is 0 Å². The van der Waals surface area contributed by atoms with Gasteiger partial charge in [-0.2, -0.15) is 0 Å². The number of amides is 1. The monoisotopic (exact) mass is 397 g/mol. The molecule has 0 aliphatic heterocycles. The molecule has 1 heterocycles. The van der Waals surface area contributed by atoms with Crippen LogP contribution >= 0.6 is 15.9 Å². The lowest BCUT2D eigenvalue weighted by Crippen LogP contribution is -2.30. The van der Waals surface area contributed by atoms with Gasteiger partial charge < -0.3 is 9.73 Å². The van der Waals surface area contributed by atoms with E-state index in [2.05, 4.69) is 33.4 Å². The predicted molar refractivity (Wildman–Crippen MR) is 103 cm³/mol. The first kappa shape index (κ1) is 17.5. The van der Waals surface area contributed by atoms with Crippen LogP contribution in [-0.2, 0) is 6.42 Å². The molecule has 25 heavy (non-hydrogen) atoms. The minimum Gasteiger partial charge on any atom is -0.465 e. The molecule has 0 unspecified atom stereocenters. The fourth-order valence-corrected chi connectivity index (χ4v) is 3.47. The standard InChI is InChI=1S/C21H20BrNO2/c1-14-19(20(22)15(2)25-14)21(24)23-18(17-11-7-4-8-12-17)13-16-9-5-3-6-10-16/h3-12,18H,13H2,1-2H3,(H,23,24)/t18-/m0/s1. The van der Waals surface area contributed by atoms with Gasteiger partial charge in [0.15, 0.2) is 0 Å². The second-order valence-electron chi connectivity index (χ2n) is 6.03. The molecule has 1 atom stereocenters. The van der Waals surface area contributed by atoms with Crippen molar-refractivity contribution in [3.05, 3.63) is 93.3 Å². The van der Waals surface area contributed by atoms with E-state index in [1.165, 1.54) is 5.56 Å². The maximum atomic E-state index is 12.9. The van der Waals surface area contributed by atoms with Gasteiger partial charge in [-0.1, -0.05) is 60.7 Å². The molecular weight excluding hydrogens is 378 g/mol. The van der Waals surface area contributed by atoms with Crippen LogP contribution < -0.4 is 5.32 Å². The Hall–Kier alpha value is -2.33. The molecule has 0 aliphatic rings. The van der Waals surface area contributed by atoms with Crippen molar-refractivity contribution in [3.63, 3.8) is 0 Å². The fourth-order valence-electron chi connectivity index (χ4n) is 2.93. The number of carbonyl (C=O) groups is 1. The number of rotatable bonds is 5. The zero-order valence-corrected chi connectivity index (χ0v) is 15.8. The molecule has 0 saturated heterocycles. The summed E-state index contributed by atoms with van der Waals surface area (Å²) in [5.41, 5.74) is 2.82. The van der Waals surface area contributed by atoms with Gasteiger partial charge in [0.1, 0.15) is 11.5 Å². The highest BCUT2D eigenvalue weighted by Crippen LogP contribution is 2.28. The second kappa shape index (κ2) is 7.70. The Labute approximate surface area is 156 Å². The highest BCUT2D eigenvalue weighted by molar-refractivity contribution is 9.10. The lowest BCUT2D eigenvalue weighted by molar-refractivity contribution is 0.0934. The van der Waals surface area contributed by atoms with Crippen LogP contribution in [-0.4, -0.2) is 5.91 Å². The Balaban J connectivity index is 1.88. The second-order valence-corrected chi connectivity index (χ2v) is 6.82. The average molecular weight is 398 g/mol. The van der Waals surface area contributed by atoms with Crippen LogP contribution in [0.1, 0.15) is 39.0 Å². The van der Waals surface area contributed by atoms with Crippen LogP contribution in [0.25, 0.3) is 0 Å². The van der Waals surface area contributed by atoms with Crippen molar-refractivity contribution in [2.45, 2.75) is 26.3 Å². The zero-order chi connectivity index (χ0) is 17.8. The summed E-state index contributed by atoms with van der Waals surface area (Å²) < 4.78 is 6.28. The van der Waals surface area contributed by atoms with Crippen molar-refractivity contribution in [3.8, 4) is 0 Å². The van der Waals surface area contributed by atoms with Crippen LogP contribution in [0.4, 0.5) is 0 Å². The molecule has 2 aromatic carbocycles. The summed E-state index contributed by atoms with van der Waals surface area (Å²) >= 11 is 3.46. The highest BCUT2D eigenvalue weighted by atomic mass is 79.9. The van der Waals surface area contributed by atoms with Crippen LogP contribution in [0.5, 0.6) is 0 Å². The molecule has 128 valence electrons. The van der Waals surface area contributed by atoms with Gasteiger partial charge in [0, 0.05) is 0 Å². The molecule has 1 aromatic heterocycles. The number of furan rings is 1. The summed E-state index contributed by atoms with van der Waals surface area (Å²) in [7, 11) is 0. The van der Waals surface area contributed by atoms with Crippen molar-refractivity contribution >= 4 is 21.8 Å². The number of hydrogen-bond acceptors (Lipinski definition) is 2. The summed E-state index contributed by atoms with van der Waals surface area (Å²) in [6, 6.07) is 20.1. The van der Waals surface area contributed by atoms with E-state index in [4.69, 9.17) is 4.42 Å². The molecule has 1 N–H and O–H groups in total. The summed E-state index contributed by atoms with van der Waals surface area (Å²) in [4.78, 5) is 12.9. The van der Waals surface area contributed by atoms with Gasteiger partial charge in [0.25, 0.3) is 5.91 Å². The third-order valence-corrected chi connectivity index (χ3v) is 5.16. The third-order valence-electron chi connectivity index (χ3n) is 4.20. The van der Waals surface area contributed by atoms with E-state index in [1.54, 1.807) is 6.92 Å². The predicted octanol–water partition coefficient (Wildman–Crippen LogP) is 5.37. The molecular formula is C21H20BrNO2.